The largest absolute Gasteiger partial charge is 0.504 e. The van der Waals surface area contributed by atoms with Crippen LogP contribution in [0.3, 0.4) is 0 Å². The smallest absolute Gasteiger partial charge is 0.293 e. The molecule has 172 valence electrons. The van der Waals surface area contributed by atoms with Gasteiger partial charge in [-0.3, -0.25) is 19.3 Å². The number of nitrogens with one attached hydrogen (secondary N) is 1. The Morgan fingerprint density at radius 2 is 1.76 bits per heavy atom. The van der Waals surface area contributed by atoms with Crippen molar-refractivity contribution in [2.75, 3.05) is 5.32 Å². The Kier molecular flexibility index (Phi) is 6.83. The van der Waals surface area contributed by atoms with Crippen molar-refractivity contribution in [3.63, 3.8) is 0 Å². The zero-order chi connectivity index (χ0) is 24.4. The predicted molar refractivity (Wildman–Crippen MR) is 132 cm³/mol. The zero-order valence-corrected chi connectivity index (χ0v) is 19.6. The Bertz CT molecular complexity index is 1360. The van der Waals surface area contributed by atoms with Crippen LogP contribution in [0.4, 0.5) is 10.5 Å². The lowest BCUT2D eigenvalue weighted by Gasteiger charge is -2.13. The van der Waals surface area contributed by atoms with E-state index in [-0.39, 0.29) is 22.9 Å². The lowest BCUT2D eigenvalue weighted by Crippen LogP contribution is -2.27. The summed E-state index contributed by atoms with van der Waals surface area (Å²) in [5.41, 5.74) is 1.82. The summed E-state index contributed by atoms with van der Waals surface area (Å²) in [5.74, 6) is -1.56. The molecule has 1 saturated heterocycles. The topological polar surface area (TPSA) is 107 Å². The number of hydrogen-bond acceptors (Lipinski definition) is 6. The zero-order valence-electron chi connectivity index (χ0n) is 17.3. The molecule has 3 amide bonds. The molecular weight excluding hydrogens is 499 g/mol. The summed E-state index contributed by atoms with van der Waals surface area (Å²) in [4.78, 5) is 39.2. The first-order chi connectivity index (χ1) is 16.2. The molecule has 10 heteroatoms. The molecule has 1 aliphatic rings. The van der Waals surface area contributed by atoms with Crippen molar-refractivity contribution in [1.29, 1.82) is 0 Å². The maximum Gasteiger partial charge on any atom is 0.293 e. The van der Waals surface area contributed by atoms with E-state index in [1.165, 1.54) is 18.2 Å². The molecule has 1 fully saturated rings. The number of hydrogen-bond donors (Lipinski definition) is 3. The number of amides is 3. The molecule has 0 saturated carbocycles. The number of aromatic hydroxyl groups is 2. The fraction of sp³-hybridized carbons (Fsp3) is 0.0417. The van der Waals surface area contributed by atoms with Crippen LogP contribution in [-0.2, 0) is 11.3 Å². The number of phenolic OH excluding ortho intramolecular Hbond substituents is 2. The maximum absolute atomic E-state index is 12.8. The van der Waals surface area contributed by atoms with Gasteiger partial charge in [0.1, 0.15) is 0 Å². The van der Waals surface area contributed by atoms with Crippen molar-refractivity contribution >= 4 is 63.8 Å². The fourth-order valence-corrected chi connectivity index (χ4v) is 4.34. The number of nitrogens with zero attached hydrogens (tertiary/aromatic N) is 1. The van der Waals surface area contributed by atoms with Crippen LogP contribution in [0.2, 0.25) is 10.0 Å². The Morgan fingerprint density at radius 3 is 2.50 bits per heavy atom. The second-order valence-electron chi connectivity index (χ2n) is 7.30. The fourth-order valence-electron chi connectivity index (χ4n) is 3.18. The molecular formula is C24H16Cl2N2O5S. The van der Waals surface area contributed by atoms with Crippen molar-refractivity contribution in [3.8, 4) is 11.5 Å². The average Bonchev–Trinajstić information content (AvgIpc) is 3.06. The van der Waals surface area contributed by atoms with Crippen molar-refractivity contribution in [1.82, 2.24) is 4.90 Å². The highest BCUT2D eigenvalue weighted by molar-refractivity contribution is 8.18. The van der Waals surface area contributed by atoms with Gasteiger partial charge in [-0.15, -0.1) is 0 Å². The van der Waals surface area contributed by atoms with Crippen molar-refractivity contribution in [2.24, 2.45) is 0 Å². The van der Waals surface area contributed by atoms with Gasteiger partial charge in [-0.25, -0.2) is 0 Å². The molecule has 3 N–H and O–H groups in total. The van der Waals surface area contributed by atoms with E-state index < -0.39 is 17.1 Å². The molecule has 0 aromatic heterocycles. The molecule has 0 unspecified atom stereocenters. The minimum Gasteiger partial charge on any atom is -0.504 e. The van der Waals surface area contributed by atoms with Gasteiger partial charge in [0, 0.05) is 17.3 Å². The van der Waals surface area contributed by atoms with E-state index in [2.05, 4.69) is 5.32 Å². The molecule has 4 rings (SSSR count). The number of benzene rings is 3. The van der Waals surface area contributed by atoms with E-state index in [4.69, 9.17) is 23.2 Å². The van der Waals surface area contributed by atoms with E-state index in [0.29, 0.717) is 32.4 Å². The first kappa shape index (κ1) is 23.7. The molecule has 0 radical (unpaired) electrons. The van der Waals surface area contributed by atoms with Gasteiger partial charge >= 0.3 is 0 Å². The van der Waals surface area contributed by atoms with Crippen molar-refractivity contribution < 1.29 is 24.6 Å². The highest BCUT2D eigenvalue weighted by Crippen LogP contribution is 2.34. The van der Waals surface area contributed by atoms with Crippen LogP contribution in [0.25, 0.3) is 6.08 Å². The van der Waals surface area contributed by atoms with Crippen LogP contribution in [0.5, 0.6) is 11.5 Å². The van der Waals surface area contributed by atoms with Crippen molar-refractivity contribution in [2.45, 2.75) is 6.54 Å². The lowest BCUT2D eigenvalue weighted by molar-refractivity contribution is -0.123. The Labute approximate surface area is 208 Å². The number of imide groups is 1. The van der Waals surface area contributed by atoms with Gasteiger partial charge in [0.2, 0.25) is 0 Å². The molecule has 34 heavy (non-hydrogen) atoms. The van der Waals surface area contributed by atoms with Crippen LogP contribution in [-0.4, -0.2) is 32.2 Å². The number of anilines is 1. The number of phenols is 2. The molecule has 3 aromatic rings. The van der Waals surface area contributed by atoms with Crippen molar-refractivity contribution in [3.05, 3.63) is 92.3 Å². The van der Waals surface area contributed by atoms with Gasteiger partial charge in [-0.1, -0.05) is 41.4 Å². The van der Waals surface area contributed by atoms with Gasteiger partial charge in [0.25, 0.3) is 17.1 Å². The third-order valence-electron chi connectivity index (χ3n) is 4.88. The molecule has 0 atom stereocenters. The highest BCUT2D eigenvalue weighted by atomic mass is 35.5. The number of carbonyl (C=O) groups excluding carboxylic acids is 3. The molecule has 1 heterocycles. The van der Waals surface area contributed by atoms with E-state index in [9.17, 15) is 24.6 Å². The summed E-state index contributed by atoms with van der Waals surface area (Å²) in [6.07, 6.45) is 1.54. The molecule has 0 bridgehead atoms. The van der Waals surface area contributed by atoms with Gasteiger partial charge in [-0.05, 0) is 65.4 Å². The van der Waals surface area contributed by atoms with Crippen LogP contribution in [0.1, 0.15) is 21.5 Å². The minimum atomic E-state index is -0.451. The summed E-state index contributed by atoms with van der Waals surface area (Å²) >= 11 is 12.8. The van der Waals surface area contributed by atoms with E-state index in [1.54, 1.807) is 48.5 Å². The van der Waals surface area contributed by atoms with Crippen LogP contribution >= 0.6 is 35.0 Å². The normalized spacial score (nSPS) is 14.6. The minimum absolute atomic E-state index is 0.0564. The van der Waals surface area contributed by atoms with Gasteiger partial charge in [0.05, 0.1) is 21.5 Å². The SMILES string of the molecule is O=C(Nc1ccc(O)c(O)c1)c1cccc(/C=C2/SC(=O)N(Cc3ccc(Cl)c(Cl)c3)C2=O)c1. The highest BCUT2D eigenvalue weighted by Gasteiger charge is 2.35. The molecule has 0 spiro atoms. The van der Waals surface area contributed by atoms with E-state index in [1.807, 2.05) is 0 Å². The second-order valence-corrected chi connectivity index (χ2v) is 9.11. The summed E-state index contributed by atoms with van der Waals surface area (Å²) in [6.45, 7) is 0.0564. The number of thioether (sulfide) groups is 1. The van der Waals surface area contributed by atoms with Crippen LogP contribution in [0.15, 0.2) is 65.6 Å². The van der Waals surface area contributed by atoms with E-state index >= 15 is 0 Å². The Morgan fingerprint density at radius 1 is 0.971 bits per heavy atom. The van der Waals surface area contributed by atoms with Crippen LogP contribution < -0.4 is 5.32 Å². The summed E-state index contributed by atoms with van der Waals surface area (Å²) in [6, 6.07) is 15.3. The van der Waals surface area contributed by atoms with Crippen LogP contribution in [0, 0.1) is 0 Å². The molecule has 3 aromatic carbocycles. The molecule has 7 nitrogen and oxygen atoms in total. The van der Waals surface area contributed by atoms with Gasteiger partial charge in [0.15, 0.2) is 11.5 Å². The standard InChI is InChI=1S/C24H16Cl2N2O5S/c25-17-6-4-14(9-18(17)26)12-28-23(32)21(34-24(28)33)10-13-2-1-3-15(8-13)22(31)27-16-5-7-19(29)20(30)11-16/h1-11,29-30H,12H2,(H,27,31)/b21-10+. The van der Waals surface area contributed by atoms with E-state index in [0.717, 1.165) is 16.7 Å². The first-order valence-electron chi connectivity index (χ1n) is 9.84. The predicted octanol–water partition coefficient (Wildman–Crippen LogP) is 5.89. The van der Waals surface area contributed by atoms with Gasteiger partial charge < -0.3 is 15.5 Å². The van der Waals surface area contributed by atoms with Gasteiger partial charge in [-0.2, -0.15) is 0 Å². The number of rotatable bonds is 5. The summed E-state index contributed by atoms with van der Waals surface area (Å²) < 4.78 is 0. The second kappa shape index (κ2) is 9.80. The lowest BCUT2D eigenvalue weighted by atomic mass is 10.1. The number of halogens is 2. The first-order valence-corrected chi connectivity index (χ1v) is 11.4. The average molecular weight is 515 g/mol. The summed E-state index contributed by atoms with van der Waals surface area (Å²) in [7, 11) is 0. The maximum atomic E-state index is 12.8. The Balaban J connectivity index is 1.50. The Hall–Kier alpha value is -3.46. The monoisotopic (exact) mass is 514 g/mol. The summed E-state index contributed by atoms with van der Waals surface area (Å²) in [5, 5.41) is 21.9. The third-order valence-corrected chi connectivity index (χ3v) is 6.52. The number of carbonyl (C=O) groups is 3. The third kappa shape index (κ3) is 5.20. The molecule has 1 aliphatic heterocycles. The quantitative estimate of drug-likeness (QED) is 0.222. The molecule has 0 aliphatic carbocycles.